The summed E-state index contributed by atoms with van der Waals surface area (Å²) >= 11 is 1.87. The van der Waals surface area contributed by atoms with Gasteiger partial charge in [0.1, 0.15) is 5.75 Å². The number of rotatable bonds is 15. The number of unbranched alkanes of at least 4 members (excludes halogenated alkanes) is 8. The minimum absolute atomic E-state index is 0.757. The zero-order chi connectivity index (χ0) is 22.4. The summed E-state index contributed by atoms with van der Waals surface area (Å²) in [6.45, 7) is 5.29. The van der Waals surface area contributed by atoms with E-state index in [0.29, 0.717) is 0 Å². The molecule has 4 heteroatoms. The van der Waals surface area contributed by atoms with E-state index in [4.69, 9.17) is 4.74 Å². The highest BCUT2D eigenvalue weighted by Crippen LogP contribution is 2.29. The quantitative estimate of drug-likeness (QED) is 0.217. The molecule has 32 heavy (non-hydrogen) atoms. The fraction of sp³-hybridized carbons (Fsp3) is 0.500. The molecule has 0 radical (unpaired) electrons. The van der Waals surface area contributed by atoms with Crippen molar-refractivity contribution < 1.29 is 4.74 Å². The lowest BCUT2D eigenvalue weighted by atomic mass is 10.1. The second-order valence-electron chi connectivity index (χ2n) is 8.51. The van der Waals surface area contributed by atoms with Gasteiger partial charge in [-0.2, -0.15) is 0 Å². The van der Waals surface area contributed by atoms with E-state index in [1.54, 1.807) is 0 Å². The van der Waals surface area contributed by atoms with Gasteiger partial charge in [0.05, 0.1) is 6.61 Å². The van der Waals surface area contributed by atoms with Crippen molar-refractivity contribution in [1.82, 2.24) is 9.97 Å². The minimum Gasteiger partial charge on any atom is -0.494 e. The Morgan fingerprint density at radius 3 is 2.03 bits per heavy atom. The van der Waals surface area contributed by atoms with E-state index in [0.717, 1.165) is 35.7 Å². The van der Waals surface area contributed by atoms with Crippen molar-refractivity contribution in [3.63, 3.8) is 0 Å². The predicted molar refractivity (Wildman–Crippen MR) is 137 cm³/mol. The first-order valence-electron chi connectivity index (χ1n) is 12.4. The molecule has 1 aromatic carbocycles. The van der Waals surface area contributed by atoms with Gasteiger partial charge in [-0.05, 0) is 55.7 Å². The Balaban J connectivity index is 1.48. The van der Waals surface area contributed by atoms with Crippen LogP contribution < -0.4 is 4.74 Å². The van der Waals surface area contributed by atoms with Crippen LogP contribution in [0, 0.1) is 0 Å². The number of hydrogen-bond donors (Lipinski definition) is 0. The number of aryl methyl sites for hydroxylation is 1. The monoisotopic (exact) mass is 450 g/mol. The lowest BCUT2D eigenvalue weighted by Crippen LogP contribution is -1.97. The van der Waals surface area contributed by atoms with Crippen LogP contribution in [0.5, 0.6) is 5.75 Å². The summed E-state index contributed by atoms with van der Waals surface area (Å²) in [5.74, 6) is 1.68. The lowest BCUT2D eigenvalue weighted by Gasteiger charge is -2.07. The highest BCUT2D eigenvalue weighted by molar-refractivity contribution is 7.15. The normalized spacial score (nSPS) is 11.1. The number of aromatic nitrogens is 2. The van der Waals surface area contributed by atoms with Crippen molar-refractivity contribution in [2.24, 2.45) is 0 Å². The SMILES string of the molecule is CCCCCCCOc1ccc(-c2ncc(-c3ccc(CCCCCCC)s3)cn2)cc1. The van der Waals surface area contributed by atoms with Crippen LogP contribution in [0.15, 0.2) is 48.8 Å². The standard InChI is InChI=1S/C28H38N2OS/c1-3-5-7-9-11-13-26-18-19-27(32-26)24-21-29-28(30-22-24)23-14-16-25(17-15-23)31-20-12-10-8-6-4-2/h14-19,21-22H,3-13,20H2,1-2H3. The summed E-state index contributed by atoms with van der Waals surface area (Å²) < 4.78 is 5.86. The molecular formula is C28H38N2OS. The molecule has 0 spiro atoms. The van der Waals surface area contributed by atoms with Crippen molar-refractivity contribution in [3.8, 4) is 27.6 Å². The van der Waals surface area contributed by atoms with Crippen molar-refractivity contribution in [1.29, 1.82) is 0 Å². The number of ether oxygens (including phenoxy) is 1. The fourth-order valence-electron chi connectivity index (χ4n) is 3.77. The molecule has 2 heterocycles. The number of thiophene rings is 1. The number of benzene rings is 1. The van der Waals surface area contributed by atoms with Crippen molar-refractivity contribution in [2.45, 2.75) is 84.5 Å². The summed E-state index contributed by atoms with van der Waals surface area (Å²) in [5, 5.41) is 0. The van der Waals surface area contributed by atoms with E-state index < -0.39 is 0 Å². The molecule has 0 fully saturated rings. The second-order valence-corrected chi connectivity index (χ2v) is 9.68. The van der Waals surface area contributed by atoms with E-state index in [1.165, 1.54) is 74.0 Å². The lowest BCUT2D eigenvalue weighted by molar-refractivity contribution is 0.304. The zero-order valence-corrected chi connectivity index (χ0v) is 20.6. The van der Waals surface area contributed by atoms with Crippen LogP contribution in [0.3, 0.4) is 0 Å². The maximum Gasteiger partial charge on any atom is 0.159 e. The fourth-order valence-corrected chi connectivity index (χ4v) is 4.79. The van der Waals surface area contributed by atoms with Crippen LogP contribution in [-0.2, 0) is 6.42 Å². The molecule has 172 valence electrons. The Morgan fingerprint density at radius 2 is 1.34 bits per heavy atom. The first kappa shape index (κ1) is 24.4. The highest BCUT2D eigenvalue weighted by atomic mass is 32.1. The molecule has 0 N–H and O–H groups in total. The smallest absolute Gasteiger partial charge is 0.159 e. The average molecular weight is 451 g/mol. The van der Waals surface area contributed by atoms with Crippen LogP contribution in [0.2, 0.25) is 0 Å². The van der Waals surface area contributed by atoms with Gasteiger partial charge in [0.25, 0.3) is 0 Å². The van der Waals surface area contributed by atoms with Crippen molar-refractivity contribution in [2.75, 3.05) is 6.61 Å². The van der Waals surface area contributed by atoms with Crippen LogP contribution in [0.25, 0.3) is 21.8 Å². The molecule has 3 rings (SSSR count). The Hall–Kier alpha value is -2.20. The molecule has 0 saturated heterocycles. The van der Waals surface area contributed by atoms with Gasteiger partial charge in [-0.25, -0.2) is 9.97 Å². The third kappa shape index (κ3) is 8.05. The minimum atomic E-state index is 0.757. The third-order valence-corrected chi connectivity index (χ3v) is 6.95. The van der Waals surface area contributed by atoms with Gasteiger partial charge >= 0.3 is 0 Å². The van der Waals surface area contributed by atoms with Gasteiger partial charge in [-0.1, -0.05) is 65.2 Å². The Bertz CT molecular complexity index is 887. The third-order valence-electron chi connectivity index (χ3n) is 5.75. The maximum atomic E-state index is 5.86. The van der Waals surface area contributed by atoms with E-state index >= 15 is 0 Å². The van der Waals surface area contributed by atoms with E-state index in [1.807, 2.05) is 48.0 Å². The van der Waals surface area contributed by atoms with Crippen LogP contribution in [0.4, 0.5) is 0 Å². The average Bonchev–Trinajstić information content (AvgIpc) is 3.31. The van der Waals surface area contributed by atoms with Gasteiger partial charge in [-0.3, -0.25) is 0 Å². The predicted octanol–water partition coefficient (Wildman–Crippen LogP) is 8.73. The Morgan fingerprint density at radius 1 is 0.688 bits per heavy atom. The maximum absolute atomic E-state index is 5.86. The molecule has 3 aromatic rings. The summed E-state index contributed by atoms with van der Waals surface area (Å²) in [7, 11) is 0. The van der Waals surface area contributed by atoms with Crippen LogP contribution in [-0.4, -0.2) is 16.6 Å². The molecule has 0 aliphatic rings. The summed E-state index contributed by atoms with van der Waals surface area (Å²) in [6.07, 6.45) is 18.0. The van der Waals surface area contributed by atoms with Gasteiger partial charge in [0.2, 0.25) is 0 Å². The van der Waals surface area contributed by atoms with E-state index in [2.05, 4.69) is 35.9 Å². The summed E-state index contributed by atoms with van der Waals surface area (Å²) in [4.78, 5) is 11.9. The van der Waals surface area contributed by atoms with Crippen LogP contribution in [0.1, 0.15) is 82.9 Å². The molecule has 0 aliphatic heterocycles. The molecule has 0 unspecified atom stereocenters. The second kappa shape index (κ2) is 14.1. The molecule has 0 atom stereocenters. The number of nitrogens with zero attached hydrogens (tertiary/aromatic N) is 2. The highest BCUT2D eigenvalue weighted by Gasteiger charge is 2.07. The van der Waals surface area contributed by atoms with Gasteiger partial charge < -0.3 is 4.74 Å². The molecular weight excluding hydrogens is 412 g/mol. The summed E-state index contributed by atoms with van der Waals surface area (Å²) in [6, 6.07) is 12.6. The zero-order valence-electron chi connectivity index (χ0n) is 19.8. The summed E-state index contributed by atoms with van der Waals surface area (Å²) in [5.41, 5.74) is 2.12. The van der Waals surface area contributed by atoms with Gasteiger partial charge in [0, 0.05) is 33.3 Å². The van der Waals surface area contributed by atoms with Gasteiger partial charge in [-0.15, -0.1) is 11.3 Å². The van der Waals surface area contributed by atoms with Gasteiger partial charge in [0.15, 0.2) is 5.82 Å². The molecule has 0 aliphatic carbocycles. The topological polar surface area (TPSA) is 35.0 Å². The number of hydrogen-bond acceptors (Lipinski definition) is 4. The molecule has 0 saturated carbocycles. The molecule has 0 amide bonds. The first-order valence-corrected chi connectivity index (χ1v) is 13.3. The molecule has 2 aromatic heterocycles. The van der Waals surface area contributed by atoms with E-state index in [9.17, 15) is 0 Å². The van der Waals surface area contributed by atoms with Crippen molar-refractivity contribution in [3.05, 3.63) is 53.7 Å². The van der Waals surface area contributed by atoms with E-state index in [-0.39, 0.29) is 0 Å². The first-order chi connectivity index (χ1) is 15.8. The van der Waals surface area contributed by atoms with Crippen molar-refractivity contribution >= 4 is 11.3 Å². The molecule has 0 bridgehead atoms. The Labute approximate surface area is 198 Å². The molecule has 3 nitrogen and oxygen atoms in total. The largest absolute Gasteiger partial charge is 0.494 e. The Kier molecular flexibility index (Phi) is 10.7. The van der Waals surface area contributed by atoms with Crippen LogP contribution >= 0.6 is 11.3 Å².